The Labute approximate surface area is 111 Å². The summed E-state index contributed by atoms with van der Waals surface area (Å²) in [5.74, 6) is 0. The Hall–Kier alpha value is -1.25. The highest BCUT2D eigenvalue weighted by Gasteiger charge is 2.17. The van der Waals surface area contributed by atoms with Gasteiger partial charge < -0.3 is 0 Å². The predicted octanol–water partition coefficient (Wildman–Crippen LogP) is 4.31. The summed E-state index contributed by atoms with van der Waals surface area (Å²) < 4.78 is 0. The standard InChI is InChI=1S/C14H10ClNS/c15-14-10(5-3-7-13(14)17)12-8-9-4-1-2-6-11(9)16-12/h1-7,17H,8H2. The van der Waals surface area contributed by atoms with Crippen molar-refractivity contribution in [2.24, 2.45) is 4.99 Å². The summed E-state index contributed by atoms with van der Waals surface area (Å²) in [7, 11) is 0. The molecule has 17 heavy (non-hydrogen) atoms. The van der Waals surface area contributed by atoms with E-state index in [1.54, 1.807) is 0 Å². The van der Waals surface area contributed by atoms with Crippen molar-refractivity contribution >= 4 is 35.6 Å². The summed E-state index contributed by atoms with van der Waals surface area (Å²) in [5.41, 5.74) is 4.30. The second kappa shape index (κ2) is 4.21. The van der Waals surface area contributed by atoms with Crippen LogP contribution in [0.2, 0.25) is 5.02 Å². The number of thiol groups is 1. The van der Waals surface area contributed by atoms with Crippen molar-refractivity contribution in [1.82, 2.24) is 0 Å². The van der Waals surface area contributed by atoms with Crippen molar-refractivity contribution in [3.63, 3.8) is 0 Å². The van der Waals surface area contributed by atoms with Crippen LogP contribution in [-0.4, -0.2) is 5.71 Å². The van der Waals surface area contributed by atoms with Gasteiger partial charge in [0, 0.05) is 16.9 Å². The molecule has 0 saturated carbocycles. The Kier molecular flexibility index (Phi) is 2.69. The van der Waals surface area contributed by atoms with E-state index < -0.39 is 0 Å². The zero-order valence-electron chi connectivity index (χ0n) is 9.02. The molecule has 0 unspecified atom stereocenters. The van der Waals surface area contributed by atoms with Crippen molar-refractivity contribution in [1.29, 1.82) is 0 Å². The van der Waals surface area contributed by atoms with E-state index in [0.29, 0.717) is 5.02 Å². The van der Waals surface area contributed by atoms with E-state index in [-0.39, 0.29) is 0 Å². The molecule has 0 aliphatic carbocycles. The molecule has 0 aromatic heterocycles. The monoisotopic (exact) mass is 259 g/mol. The van der Waals surface area contributed by atoms with Gasteiger partial charge in [0.25, 0.3) is 0 Å². The van der Waals surface area contributed by atoms with E-state index in [1.165, 1.54) is 5.56 Å². The lowest BCUT2D eigenvalue weighted by Crippen LogP contribution is -2.01. The minimum atomic E-state index is 0.683. The van der Waals surface area contributed by atoms with Crippen LogP contribution in [0.1, 0.15) is 11.1 Å². The SMILES string of the molecule is Sc1cccc(C2=Nc3ccccc3C2)c1Cl. The van der Waals surface area contributed by atoms with E-state index >= 15 is 0 Å². The minimum Gasteiger partial charge on any atom is -0.252 e. The molecule has 0 bridgehead atoms. The van der Waals surface area contributed by atoms with E-state index in [1.807, 2.05) is 36.4 Å². The molecule has 84 valence electrons. The number of para-hydroxylation sites is 1. The molecule has 0 atom stereocenters. The van der Waals surface area contributed by atoms with E-state index in [0.717, 1.165) is 28.3 Å². The fraction of sp³-hybridized carbons (Fsp3) is 0.0714. The molecule has 0 fully saturated rings. The summed E-state index contributed by atoms with van der Waals surface area (Å²) in [6.45, 7) is 0. The number of aliphatic imine (C=N–C) groups is 1. The van der Waals surface area contributed by atoms with Crippen LogP contribution in [0.25, 0.3) is 0 Å². The molecule has 0 amide bonds. The van der Waals surface area contributed by atoms with Gasteiger partial charge in [0.15, 0.2) is 0 Å². The molecule has 1 heterocycles. The van der Waals surface area contributed by atoms with E-state index in [2.05, 4.69) is 23.7 Å². The maximum Gasteiger partial charge on any atom is 0.0669 e. The highest BCUT2D eigenvalue weighted by Crippen LogP contribution is 2.32. The molecular weight excluding hydrogens is 250 g/mol. The van der Waals surface area contributed by atoms with Gasteiger partial charge in [-0.1, -0.05) is 41.9 Å². The number of rotatable bonds is 1. The summed E-state index contributed by atoms with van der Waals surface area (Å²) >= 11 is 10.6. The molecule has 0 spiro atoms. The summed E-state index contributed by atoms with van der Waals surface area (Å²) in [5, 5.41) is 0.683. The first-order valence-electron chi connectivity index (χ1n) is 5.39. The topological polar surface area (TPSA) is 12.4 Å². The van der Waals surface area contributed by atoms with Gasteiger partial charge in [-0.3, -0.25) is 4.99 Å². The molecule has 1 aliphatic heterocycles. The van der Waals surface area contributed by atoms with Crippen molar-refractivity contribution in [2.45, 2.75) is 11.3 Å². The molecule has 0 saturated heterocycles. The molecule has 0 radical (unpaired) electrons. The van der Waals surface area contributed by atoms with Crippen LogP contribution in [0, 0.1) is 0 Å². The van der Waals surface area contributed by atoms with Crippen molar-refractivity contribution in [2.75, 3.05) is 0 Å². The Bertz CT molecular complexity index is 619. The molecule has 0 N–H and O–H groups in total. The number of halogens is 1. The van der Waals surface area contributed by atoms with Crippen LogP contribution < -0.4 is 0 Å². The smallest absolute Gasteiger partial charge is 0.0669 e. The summed E-state index contributed by atoms with van der Waals surface area (Å²) in [4.78, 5) is 5.42. The third-order valence-corrected chi connectivity index (χ3v) is 3.81. The largest absolute Gasteiger partial charge is 0.252 e. The summed E-state index contributed by atoms with van der Waals surface area (Å²) in [6.07, 6.45) is 0.840. The number of benzene rings is 2. The number of fused-ring (bicyclic) bond motifs is 1. The lowest BCUT2D eigenvalue weighted by atomic mass is 10.0. The van der Waals surface area contributed by atoms with Crippen LogP contribution in [0.5, 0.6) is 0 Å². The number of nitrogens with zero attached hydrogens (tertiary/aromatic N) is 1. The van der Waals surface area contributed by atoms with E-state index in [9.17, 15) is 0 Å². The lowest BCUT2D eigenvalue weighted by Gasteiger charge is -2.05. The van der Waals surface area contributed by atoms with Crippen LogP contribution in [0.4, 0.5) is 5.69 Å². The van der Waals surface area contributed by atoms with Crippen LogP contribution in [0.15, 0.2) is 52.4 Å². The van der Waals surface area contributed by atoms with E-state index in [4.69, 9.17) is 11.6 Å². The van der Waals surface area contributed by atoms with Crippen molar-refractivity contribution in [3.8, 4) is 0 Å². The van der Waals surface area contributed by atoms with Gasteiger partial charge in [-0.2, -0.15) is 0 Å². The fourth-order valence-electron chi connectivity index (χ4n) is 2.03. The van der Waals surface area contributed by atoms with Gasteiger partial charge in [0.2, 0.25) is 0 Å². The van der Waals surface area contributed by atoms with Gasteiger partial charge in [0.05, 0.1) is 16.4 Å². The van der Waals surface area contributed by atoms with Crippen molar-refractivity contribution in [3.05, 3.63) is 58.6 Å². The first-order chi connectivity index (χ1) is 8.25. The second-order valence-corrected chi connectivity index (χ2v) is 4.86. The number of hydrogen-bond acceptors (Lipinski definition) is 2. The summed E-state index contributed by atoms with van der Waals surface area (Å²) in [6, 6.07) is 14.0. The normalized spacial score (nSPS) is 13.4. The minimum absolute atomic E-state index is 0.683. The van der Waals surface area contributed by atoms with Crippen LogP contribution in [-0.2, 0) is 6.42 Å². The quantitative estimate of drug-likeness (QED) is 0.733. The average molecular weight is 260 g/mol. The molecule has 1 aliphatic rings. The lowest BCUT2D eigenvalue weighted by molar-refractivity contribution is 1.37. The molecule has 3 rings (SSSR count). The Morgan fingerprint density at radius 3 is 2.71 bits per heavy atom. The zero-order valence-corrected chi connectivity index (χ0v) is 10.7. The molecule has 2 aromatic carbocycles. The second-order valence-electron chi connectivity index (χ2n) is 4.00. The number of hydrogen-bond donors (Lipinski definition) is 1. The highest BCUT2D eigenvalue weighted by atomic mass is 35.5. The van der Waals surface area contributed by atoms with Gasteiger partial charge in [0.1, 0.15) is 0 Å². The Morgan fingerprint density at radius 2 is 1.88 bits per heavy atom. The average Bonchev–Trinajstić information content (AvgIpc) is 2.76. The van der Waals surface area contributed by atoms with Crippen LogP contribution >= 0.6 is 24.2 Å². The third-order valence-electron chi connectivity index (χ3n) is 2.89. The zero-order chi connectivity index (χ0) is 11.8. The highest BCUT2D eigenvalue weighted by molar-refractivity contribution is 7.80. The maximum atomic E-state index is 6.26. The fourth-order valence-corrected chi connectivity index (χ4v) is 2.47. The maximum absolute atomic E-state index is 6.26. The van der Waals surface area contributed by atoms with Gasteiger partial charge >= 0.3 is 0 Å². The Balaban J connectivity index is 2.07. The molecule has 3 heteroatoms. The van der Waals surface area contributed by atoms with Gasteiger partial charge in [-0.05, 0) is 17.7 Å². The predicted molar refractivity (Wildman–Crippen MR) is 75.0 cm³/mol. The third kappa shape index (κ3) is 1.88. The Morgan fingerprint density at radius 1 is 1.06 bits per heavy atom. The first kappa shape index (κ1) is 10.9. The molecular formula is C14H10ClNS. The first-order valence-corrected chi connectivity index (χ1v) is 6.21. The van der Waals surface area contributed by atoms with Gasteiger partial charge in [-0.15, -0.1) is 12.6 Å². The van der Waals surface area contributed by atoms with Crippen molar-refractivity contribution < 1.29 is 0 Å². The van der Waals surface area contributed by atoms with Gasteiger partial charge in [-0.25, -0.2) is 0 Å². The van der Waals surface area contributed by atoms with Crippen LogP contribution in [0.3, 0.4) is 0 Å². The molecule has 2 aromatic rings. The molecule has 1 nitrogen and oxygen atoms in total.